The fraction of sp³-hybridized carbons (Fsp3) is 0.0400. The molecule has 0 N–H and O–H groups in total. The van der Waals surface area contributed by atoms with E-state index in [4.69, 9.17) is 0 Å². The van der Waals surface area contributed by atoms with Gasteiger partial charge in [0.25, 0.3) is 0 Å². The summed E-state index contributed by atoms with van der Waals surface area (Å²) in [6.07, 6.45) is 0. The maximum atomic E-state index is 2.45. The van der Waals surface area contributed by atoms with Crippen LogP contribution in [0.2, 0.25) is 0 Å². The van der Waals surface area contributed by atoms with E-state index in [1.54, 1.807) is 0 Å². The van der Waals surface area contributed by atoms with Crippen LogP contribution in [-0.4, -0.2) is 8.07 Å². The van der Waals surface area contributed by atoms with Crippen molar-refractivity contribution in [3.63, 3.8) is 0 Å². The topological polar surface area (TPSA) is 0 Å². The quantitative estimate of drug-likeness (QED) is 0.123. The minimum Gasteiger partial charge on any atom is -0.0623 e. The highest BCUT2D eigenvalue weighted by Crippen LogP contribution is 2.48. The van der Waals surface area contributed by atoms with E-state index in [0.717, 1.165) is 0 Å². The number of hydrogen-bond acceptors (Lipinski definition) is 0. The van der Waals surface area contributed by atoms with Crippen molar-refractivity contribution >= 4 is 28.8 Å². The lowest BCUT2D eigenvalue weighted by Crippen LogP contribution is -2.74. The van der Waals surface area contributed by atoms with Crippen molar-refractivity contribution in [1.29, 1.82) is 0 Å². The van der Waals surface area contributed by atoms with Gasteiger partial charge in [-0.15, -0.1) is 0 Å². The van der Waals surface area contributed by atoms with Crippen molar-refractivity contribution in [2.24, 2.45) is 0 Å². The van der Waals surface area contributed by atoms with E-state index in [0.29, 0.717) is 0 Å². The van der Waals surface area contributed by atoms with Gasteiger partial charge < -0.3 is 0 Å². The summed E-state index contributed by atoms with van der Waals surface area (Å²) in [4.78, 5) is 0. The maximum absolute atomic E-state index is 2.71. The van der Waals surface area contributed by atoms with Gasteiger partial charge >= 0.3 is 0 Å². The third kappa shape index (κ3) is 4.59. The van der Waals surface area contributed by atoms with E-state index in [1.807, 2.05) is 0 Å². The van der Waals surface area contributed by atoms with E-state index in [2.05, 4.69) is 206 Å². The monoisotopic (exact) mass is 664 g/mol. The van der Waals surface area contributed by atoms with Crippen LogP contribution in [0.15, 0.2) is 206 Å². The van der Waals surface area contributed by atoms with Gasteiger partial charge in [-0.1, -0.05) is 206 Å². The normalized spacial score (nSPS) is 13.3. The molecule has 1 heteroatoms. The molecule has 2 aliphatic carbocycles. The van der Waals surface area contributed by atoms with E-state index >= 15 is 0 Å². The Balaban J connectivity index is 1.14. The number of fused-ring (bicyclic) bond motifs is 6. The Kier molecular flexibility index (Phi) is 7.08. The lowest BCUT2D eigenvalue weighted by atomic mass is 9.89. The van der Waals surface area contributed by atoms with Gasteiger partial charge in [0, 0.05) is 11.8 Å². The molecule has 0 aromatic heterocycles. The molecule has 2 aliphatic rings. The highest BCUT2D eigenvalue weighted by atomic mass is 28.3. The molecule has 8 aromatic rings. The summed E-state index contributed by atoms with van der Waals surface area (Å²) < 4.78 is 0. The van der Waals surface area contributed by atoms with Crippen LogP contribution in [0.5, 0.6) is 0 Å². The molecule has 8 aromatic carbocycles. The van der Waals surface area contributed by atoms with E-state index in [1.165, 1.54) is 76.4 Å². The largest absolute Gasteiger partial charge is 0.179 e. The molecule has 240 valence electrons. The molecule has 51 heavy (non-hydrogen) atoms. The molecule has 0 nitrogen and oxygen atoms in total. The van der Waals surface area contributed by atoms with Crippen LogP contribution >= 0.6 is 0 Å². The highest BCUT2D eigenvalue weighted by Gasteiger charge is 2.42. The first-order valence-electron chi connectivity index (χ1n) is 18.0. The Morgan fingerprint density at radius 1 is 0.235 bits per heavy atom. The molecule has 0 unspecified atom stereocenters. The molecule has 0 saturated carbocycles. The first kappa shape index (κ1) is 29.9. The molecule has 0 bridgehead atoms. The number of hydrogen-bond donors (Lipinski definition) is 0. The standard InChI is InChI=1S/C50H36Si/c1-3-15-37(16-4-1)51(38-17-5-2-6-18-38,39-31-27-35(28-32-39)49-45-23-11-7-19-41(45)42-20-8-12-24-46(42)49)40-33-29-36(30-34-40)50-47-25-13-9-21-43(47)44-22-10-14-26-48(44)50/h1-34,49-50H. The molecule has 0 amide bonds. The van der Waals surface area contributed by atoms with Crippen molar-refractivity contribution in [2.45, 2.75) is 11.8 Å². The predicted octanol–water partition coefficient (Wildman–Crippen LogP) is 9.39. The van der Waals surface area contributed by atoms with Crippen LogP contribution in [0, 0.1) is 0 Å². The van der Waals surface area contributed by atoms with E-state index in [9.17, 15) is 0 Å². The molecule has 0 fully saturated rings. The number of rotatable bonds is 6. The fourth-order valence-electron chi connectivity index (χ4n) is 9.26. The summed E-state index contributed by atoms with van der Waals surface area (Å²) in [7, 11) is -2.71. The smallest absolute Gasteiger partial charge is 0.0623 e. The molecule has 0 saturated heterocycles. The van der Waals surface area contributed by atoms with Gasteiger partial charge in [-0.3, -0.25) is 0 Å². The van der Waals surface area contributed by atoms with Crippen LogP contribution in [0.3, 0.4) is 0 Å². The second-order valence-electron chi connectivity index (χ2n) is 13.9. The third-order valence-electron chi connectivity index (χ3n) is 11.4. The second kappa shape index (κ2) is 12.1. The zero-order valence-electron chi connectivity index (χ0n) is 28.3. The summed E-state index contributed by atoms with van der Waals surface area (Å²) in [5, 5.41) is 5.58. The zero-order valence-corrected chi connectivity index (χ0v) is 29.3. The predicted molar refractivity (Wildman–Crippen MR) is 216 cm³/mol. The van der Waals surface area contributed by atoms with E-state index in [-0.39, 0.29) is 11.8 Å². The van der Waals surface area contributed by atoms with Crippen LogP contribution in [0.4, 0.5) is 0 Å². The zero-order chi connectivity index (χ0) is 33.8. The minimum atomic E-state index is -2.71. The third-order valence-corrected chi connectivity index (χ3v) is 16.2. The summed E-state index contributed by atoms with van der Waals surface area (Å²) in [5.41, 5.74) is 13.7. The molecular formula is C50H36Si. The molecule has 0 spiro atoms. The van der Waals surface area contributed by atoms with Crippen LogP contribution in [-0.2, 0) is 0 Å². The minimum absolute atomic E-state index is 0.229. The highest BCUT2D eigenvalue weighted by molar-refractivity contribution is 7.19. The summed E-state index contributed by atoms with van der Waals surface area (Å²) in [5.74, 6) is 0.458. The Morgan fingerprint density at radius 3 is 0.804 bits per heavy atom. The van der Waals surface area contributed by atoms with Gasteiger partial charge in [-0.05, 0) is 76.4 Å². The maximum Gasteiger partial charge on any atom is 0.179 e. The van der Waals surface area contributed by atoms with Gasteiger partial charge in [-0.25, -0.2) is 0 Å². The Morgan fingerprint density at radius 2 is 0.490 bits per heavy atom. The molecule has 0 radical (unpaired) electrons. The Hall–Kier alpha value is -6.02. The summed E-state index contributed by atoms with van der Waals surface area (Å²) in [6.45, 7) is 0. The molecule has 0 aliphatic heterocycles. The average Bonchev–Trinajstić information content (AvgIpc) is 3.73. The summed E-state index contributed by atoms with van der Waals surface area (Å²) >= 11 is 0. The molecule has 0 atom stereocenters. The second-order valence-corrected chi connectivity index (χ2v) is 17.8. The fourth-order valence-corrected chi connectivity index (χ4v) is 14.0. The SMILES string of the molecule is c1ccc([Si](c2ccccc2)(c2ccc(C3c4ccccc4-c4ccccc43)cc2)c2ccc(C3c4ccccc4-c4ccccc43)cc2)cc1. The van der Waals surface area contributed by atoms with Crippen molar-refractivity contribution in [2.75, 3.05) is 0 Å². The van der Waals surface area contributed by atoms with Gasteiger partial charge in [0.05, 0.1) is 0 Å². The molecular weight excluding hydrogens is 629 g/mol. The number of benzene rings is 8. The van der Waals surface area contributed by atoms with Crippen molar-refractivity contribution in [3.8, 4) is 22.3 Å². The first-order chi connectivity index (χ1) is 25.3. The van der Waals surface area contributed by atoms with E-state index < -0.39 is 8.07 Å². The van der Waals surface area contributed by atoms with Crippen LogP contribution in [0.25, 0.3) is 22.3 Å². The Labute approximate surface area is 301 Å². The van der Waals surface area contributed by atoms with Crippen molar-refractivity contribution < 1.29 is 0 Å². The van der Waals surface area contributed by atoms with Crippen LogP contribution < -0.4 is 20.7 Å². The Bertz CT molecular complexity index is 2240. The first-order valence-corrected chi connectivity index (χ1v) is 20.0. The summed E-state index contributed by atoms with van der Waals surface area (Å²) in [6, 6.07) is 77.7. The van der Waals surface area contributed by atoms with Gasteiger partial charge in [-0.2, -0.15) is 0 Å². The molecule has 0 heterocycles. The van der Waals surface area contributed by atoms with Crippen molar-refractivity contribution in [1.82, 2.24) is 0 Å². The van der Waals surface area contributed by atoms with Crippen molar-refractivity contribution in [3.05, 3.63) is 240 Å². The molecule has 10 rings (SSSR count). The van der Waals surface area contributed by atoms with Gasteiger partial charge in [0.2, 0.25) is 0 Å². The lowest BCUT2D eigenvalue weighted by Gasteiger charge is -2.35. The van der Waals surface area contributed by atoms with Gasteiger partial charge in [0.1, 0.15) is 0 Å². The van der Waals surface area contributed by atoms with Crippen LogP contribution in [0.1, 0.15) is 45.2 Å². The average molecular weight is 665 g/mol. The lowest BCUT2D eigenvalue weighted by molar-refractivity contribution is 1.02. The van der Waals surface area contributed by atoms with Gasteiger partial charge in [0.15, 0.2) is 8.07 Å².